The molecule has 1 aromatic heterocycles. The summed E-state index contributed by atoms with van der Waals surface area (Å²) in [7, 11) is 1.54. The van der Waals surface area contributed by atoms with Crippen molar-refractivity contribution in [2.75, 3.05) is 7.11 Å². The summed E-state index contributed by atoms with van der Waals surface area (Å²) in [6.07, 6.45) is 0. The molecule has 1 aromatic carbocycles. The van der Waals surface area contributed by atoms with Crippen LogP contribution in [-0.4, -0.2) is 17.3 Å². The lowest BCUT2D eigenvalue weighted by Crippen LogP contribution is -2.05. The Morgan fingerprint density at radius 1 is 1.42 bits per heavy atom. The Balaban J connectivity index is 2.23. The average Bonchev–Trinajstić information content (AvgIpc) is 2.81. The predicted molar refractivity (Wildman–Crippen MR) is 69.3 cm³/mol. The van der Waals surface area contributed by atoms with Crippen LogP contribution >= 0.6 is 11.6 Å². The molecule has 0 bridgehead atoms. The normalized spacial score (nSPS) is 10.5. The van der Waals surface area contributed by atoms with E-state index in [4.69, 9.17) is 31.3 Å². The summed E-state index contributed by atoms with van der Waals surface area (Å²) >= 11 is 5.97. The van der Waals surface area contributed by atoms with Gasteiger partial charge in [-0.15, -0.1) is 0 Å². The second-order valence-corrected chi connectivity index (χ2v) is 4.26. The van der Waals surface area contributed by atoms with Gasteiger partial charge in [0.15, 0.2) is 18.1 Å². The zero-order valence-electron chi connectivity index (χ0n) is 10.6. The molecule has 7 heteroatoms. The molecule has 0 aliphatic carbocycles. The highest BCUT2D eigenvalue weighted by atomic mass is 35.5. The molecule has 0 fully saturated rings. The van der Waals surface area contributed by atoms with Gasteiger partial charge in [0.05, 0.1) is 7.11 Å². The van der Waals surface area contributed by atoms with Crippen LogP contribution in [-0.2, 0) is 13.2 Å². The van der Waals surface area contributed by atoms with E-state index in [-0.39, 0.29) is 13.2 Å². The fraction of sp³-hybridized carbons (Fsp3) is 0.333. The van der Waals surface area contributed by atoms with E-state index in [1.165, 1.54) is 7.11 Å². The summed E-state index contributed by atoms with van der Waals surface area (Å²) in [5.74, 6) is 2.00. The van der Waals surface area contributed by atoms with Gasteiger partial charge in [0.2, 0.25) is 11.7 Å². The van der Waals surface area contributed by atoms with Gasteiger partial charge in [-0.2, -0.15) is 4.98 Å². The molecule has 2 aromatic rings. The smallest absolute Gasteiger partial charge is 0.223 e. The first-order valence-corrected chi connectivity index (χ1v) is 6.00. The minimum atomic E-state index is 0.169. The van der Waals surface area contributed by atoms with Crippen molar-refractivity contribution < 1.29 is 14.0 Å². The van der Waals surface area contributed by atoms with Crippen molar-refractivity contribution in [3.8, 4) is 11.5 Å². The lowest BCUT2D eigenvalue weighted by molar-refractivity contribution is 0.266. The first kappa shape index (κ1) is 13.6. The van der Waals surface area contributed by atoms with Crippen LogP contribution in [0.1, 0.15) is 17.3 Å². The van der Waals surface area contributed by atoms with E-state index in [1.54, 1.807) is 19.1 Å². The van der Waals surface area contributed by atoms with E-state index in [1.807, 2.05) is 0 Å². The zero-order chi connectivity index (χ0) is 13.8. The van der Waals surface area contributed by atoms with Gasteiger partial charge in [-0.3, -0.25) is 0 Å². The molecule has 19 heavy (non-hydrogen) atoms. The molecule has 0 aliphatic rings. The highest BCUT2D eigenvalue weighted by Gasteiger charge is 2.13. The number of hydrogen-bond donors (Lipinski definition) is 1. The minimum Gasteiger partial charge on any atom is -0.493 e. The van der Waals surface area contributed by atoms with Gasteiger partial charge in [0, 0.05) is 30.1 Å². The molecule has 0 spiro atoms. The number of benzene rings is 1. The summed E-state index contributed by atoms with van der Waals surface area (Å²) in [6, 6.07) is 3.40. The largest absolute Gasteiger partial charge is 0.493 e. The van der Waals surface area contributed by atoms with Crippen LogP contribution in [0.2, 0.25) is 5.02 Å². The van der Waals surface area contributed by atoms with E-state index in [0.717, 1.165) is 5.56 Å². The lowest BCUT2D eigenvalue weighted by Gasteiger charge is -2.13. The molecule has 0 unspecified atom stereocenters. The highest BCUT2D eigenvalue weighted by molar-refractivity contribution is 6.30. The van der Waals surface area contributed by atoms with Crippen LogP contribution in [0, 0.1) is 6.92 Å². The Kier molecular flexibility index (Phi) is 4.24. The molecule has 2 rings (SSSR count). The highest BCUT2D eigenvalue weighted by Crippen LogP contribution is 2.34. The number of halogens is 1. The first-order chi connectivity index (χ1) is 9.13. The van der Waals surface area contributed by atoms with Crippen molar-refractivity contribution in [3.63, 3.8) is 0 Å². The van der Waals surface area contributed by atoms with E-state index >= 15 is 0 Å². The van der Waals surface area contributed by atoms with Gasteiger partial charge in [-0.25, -0.2) is 0 Å². The monoisotopic (exact) mass is 283 g/mol. The summed E-state index contributed by atoms with van der Waals surface area (Å²) in [4.78, 5) is 4.05. The molecular formula is C12H14ClN3O3. The van der Waals surface area contributed by atoms with Crippen LogP contribution in [0.4, 0.5) is 0 Å². The van der Waals surface area contributed by atoms with E-state index in [9.17, 15) is 0 Å². The molecule has 102 valence electrons. The molecule has 0 aliphatic heterocycles. The number of ether oxygens (including phenoxy) is 2. The Labute approximate surface area is 115 Å². The minimum absolute atomic E-state index is 0.169. The molecule has 0 saturated carbocycles. The maximum atomic E-state index is 5.97. The van der Waals surface area contributed by atoms with Crippen LogP contribution in [0.3, 0.4) is 0 Å². The molecule has 2 N–H and O–H groups in total. The predicted octanol–water partition coefficient (Wildman–Crippen LogP) is 2.08. The van der Waals surface area contributed by atoms with Crippen molar-refractivity contribution >= 4 is 11.6 Å². The first-order valence-electron chi connectivity index (χ1n) is 5.62. The van der Waals surface area contributed by atoms with Crippen molar-refractivity contribution in [3.05, 3.63) is 34.4 Å². The summed E-state index contributed by atoms with van der Waals surface area (Å²) < 4.78 is 15.8. The number of hydrogen-bond acceptors (Lipinski definition) is 6. The zero-order valence-corrected chi connectivity index (χ0v) is 11.4. The molecule has 0 atom stereocenters. The Morgan fingerprint density at radius 3 is 2.79 bits per heavy atom. The fourth-order valence-corrected chi connectivity index (χ4v) is 1.86. The standard InChI is InChI=1S/C12H14ClN3O3/c1-7-15-11(16-19-7)6-18-12-8(5-14)3-9(13)4-10(12)17-2/h3-4H,5-6,14H2,1-2H3. The maximum absolute atomic E-state index is 5.97. The van der Waals surface area contributed by atoms with Gasteiger partial charge in [-0.1, -0.05) is 16.8 Å². The van der Waals surface area contributed by atoms with Gasteiger partial charge in [0.1, 0.15) is 0 Å². The van der Waals surface area contributed by atoms with Crippen LogP contribution in [0.25, 0.3) is 0 Å². The molecule has 1 heterocycles. The van der Waals surface area contributed by atoms with Gasteiger partial charge in [0.25, 0.3) is 0 Å². The quantitative estimate of drug-likeness (QED) is 0.904. The van der Waals surface area contributed by atoms with Crippen molar-refractivity contribution in [1.82, 2.24) is 10.1 Å². The summed E-state index contributed by atoms with van der Waals surface area (Å²) in [5.41, 5.74) is 6.43. The SMILES string of the molecule is COc1cc(Cl)cc(CN)c1OCc1noc(C)n1. The van der Waals surface area contributed by atoms with Crippen molar-refractivity contribution in [2.24, 2.45) is 5.73 Å². The summed E-state index contributed by atoms with van der Waals surface area (Å²) in [6.45, 7) is 2.17. The fourth-order valence-electron chi connectivity index (χ4n) is 1.63. The van der Waals surface area contributed by atoms with Crippen molar-refractivity contribution in [2.45, 2.75) is 20.1 Å². The van der Waals surface area contributed by atoms with Crippen LogP contribution < -0.4 is 15.2 Å². The Hall–Kier alpha value is -1.79. The van der Waals surface area contributed by atoms with Gasteiger partial charge in [-0.05, 0) is 6.07 Å². The number of nitrogens with zero attached hydrogens (tertiary/aromatic N) is 2. The Bertz CT molecular complexity index is 546. The van der Waals surface area contributed by atoms with Crippen LogP contribution in [0.5, 0.6) is 11.5 Å². The van der Waals surface area contributed by atoms with Crippen molar-refractivity contribution in [1.29, 1.82) is 0 Å². The number of methoxy groups -OCH3 is 1. The second kappa shape index (κ2) is 5.90. The third-order valence-corrected chi connectivity index (χ3v) is 2.67. The third-order valence-electron chi connectivity index (χ3n) is 2.45. The second-order valence-electron chi connectivity index (χ2n) is 3.82. The third kappa shape index (κ3) is 3.15. The molecule has 0 amide bonds. The average molecular weight is 284 g/mol. The van der Waals surface area contributed by atoms with Gasteiger partial charge < -0.3 is 19.7 Å². The van der Waals surface area contributed by atoms with E-state index in [0.29, 0.717) is 28.2 Å². The molecule has 0 radical (unpaired) electrons. The van der Waals surface area contributed by atoms with E-state index in [2.05, 4.69) is 10.1 Å². The number of aromatic nitrogens is 2. The number of nitrogens with two attached hydrogens (primary N) is 1. The van der Waals surface area contributed by atoms with Crippen LogP contribution in [0.15, 0.2) is 16.7 Å². The number of rotatable bonds is 5. The molecule has 0 saturated heterocycles. The maximum Gasteiger partial charge on any atom is 0.223 e. The van der Waals surface area contributed by atoms with Gasteiger partial charge >= 0.3 is 0 Å². The topological polar surface area (TPSA) is 83.4 Å². The number of aryl methyl sites for hydroxylation is 1. The summed E-state index contributed by atoms with van der Waals surface area (Å²) in [5, 5.41) is 4.29. The molecular weight excluding hydrogens is 270 g/mol. The van der Waals surface area contributed by atoms with E-state index < -0.39 is 0 Å². The molecule has 6 nitrogen and oxygen atoms in total. The Morgan fingerprint density at radius 2 is 2.21 bits per heavy atom. The lowest BCUT2D eigenvalue weighted by atomic mass is 10.2.